The van der Waals surface area contributed by atoms with Crippen molar-refractivity contribution in [3.05, 3.63) is 17.2 Å². The van der Waals surface area contributed by atoms with Crippen molar-refractivity contribution >= 4 is 27.1 Å². The van der Waals surface area contributed by atoms with Crippen LogP contribution in [0, 0.1) is 0 Å². The first-order valence-electron chi connectivity index (χ1n) is 6.42. The molecule has 3 N–H and O–H groups in total. The number of nitrogens with zero attached hydrogens (tertiary/aromatic N) is 1. The van der Waals surface area contributed by atoms with Gasteiger partial charge in [-0.3, -0.25) is 0 Å². The average Bonchev–Trinajstić information content (AvgIpc) is 2.84. The van der Waals surface area contributed by atoms with Crippen LogP contribution in [0.3, 0.4) is 0 Å². The Morgan fingerprint density at radius 2 is 2.00 bits per heavy atom. The molecule has 0 spiro atoms. The van der Waals surface area contributed by atoms with Crippen LogP contribution in [0.5, 0.6) is 5.75 Å². The Morgan fingerprint density at radius 1 is 1.35 bits per heavy atom. The van der Waals surface area contributed by atoms with E-state index in [2.05, 4.69) is 0 Å². The van der Waals surface area contributed by atoms with Gasteiger partial charge in [-0.1, -0.05) is 11.6 Å². The van der Waals surface area contributed by atoms with Gasteiger partial charge in [0.05, 0.1) is 16.0 Å². The molecular formula is C13H19ClN2O3S. The van der Waals surface area contributed by atoms with E-state index < -0.39 is 20.8 Å². The molecule has 0 aliphatic heterocycles. The second-order valence-corrected chi connectivity index (χ2v) is 7.98. The van der Waals surface area contributed by atoms with Gasteiger partial charge in [0.25, 0.3) is 0 Å². The molecule has 0 radical (unpaired) electrons. The molecule has 1 unspecified atom stereocenters. The molecule has 0 saturated heterocycles. The van der Waals surface area contributed by atoms with Crippen LogP contribution in [0.15, 0.2) is 17.0 Å². The van der Waals surface area contributed by atoms with E-state index in [-0.39, 0.29) is 21.6 Å². The van der Waals surface area contributed by atoms with E-state index in [1.165, 1.54) is 12.1 Å². The van der Waals surface area contributed by atoms with E-state index in [0.717, 1.165) is 6.42 Å². The van der Waals surface area contributed by atoms with E-state index in [4.69, 9.17) is 17.3 Å². The molecule has 1 aromatic carbocycles. The molecule has 1 saturated carbocycles. The SMILES string of the molecule is CN(C)[C@@H]1CCC(S(=O)(=O)c2c(Cl)ccc(N)c2O)C1. The van der Waals surface area contributed by atoms with Gasteiger partial charge in [0.2, 0.25) is 0 Å². The molecule has 2 atom stereocenters. The number of nitrogen functional groups attached to an aromatic ring is 1. The van der Waals surface area contributed by atoms with Gasteiger partial charge >= 0.3 is 0 Å². The maximum atomic E-state index is 12.7. The summed E-state index contributed by atoms with van der Waals surface area (Å²) in [5, 5.41) is 9.44. The first-order valence-corrected chi connectivity index (χ1v) is 8.35. The fraction of sp³-hybridized carbons (Fsp3) is 0.538. The van der Waals surface area contributed by atoms with Crippen molar-refractivity contribution in [1.29, 1.82) is 0 Å². The van der Waals surface area contributed by atoms with Crippen LogP contribution < -0.4 is 5.73 Å². The summed E-state index contributed by atoms with van der Waals surface area (Å²) in [5.41, 5.74) is 5.60. The predicted octanol–water partition coefficient (Wildman–Crippen LogP) is 1.88. The van der Waals surface area contributed by atoms with Crippen molar-refractivity contribution in [2.24, 2.45) is 0 Å². The zero-order valence-corrected chi connectivity index (χ0v) is 13.1. The first kappa shape index (κ1) is 15.4. The number of phenolic OH excluding ortho intramolecular Hbond substituents is 1. The average molecular weight is 319 g/mol. The van der Waals surface area contributed by atoms with Crippen molar-refractivity contribution in [1.82, 2.24) is 4.90 Å². The molecule has 0 amide bonds. The molecule has 0 aromatic heterocycles. The van der Waals surface area contributed by atoms with Crippen LogP contribution in [0.1, 0.15) is 19.3 Å². The van der Waals surface area contributed by atoms with Crippen molar-refractivity contribution in [2.75, 3.05) is 19.8 Å². The molecule has 112 valence electrons. The Kier molecular flexibility index (Phi) is 4.18. The van der Waals surface area contributed by atoms with Gasteiger partial charge in [-0.2, -0.15) is 0 Å². The fourth-order valence-corrected chi connectivity index (χ4v) is 5.12. The molecule has 2 rings (SSSR count). The second kappa shape index (κ2) is 5.42. The van der Waals surface area contributed by atoms with Crippen molar-refractivity contribution in [3.63, 3.8) is 0 Å². The van der Waals surface area contributed by atoms with Crippen molar-refractivity contribution in [2.45, 2.75) is 35.4 Å². The third kappa shape index (κ3) is 2.60. The molecule has 7 heteroatoms. The van der Waals surface area contributed by atoms with E-state index in [9.17, 15) is 13.5 Å². The van der Waals surface area contributed by atoms with Gasteiger partial charge in [-0.15, -0.1) is 0 Å². The highest BCUT2D eigenvalue weighted by molar-refractivity contribution is 7.92. The van der Waals surface area contributed by atoms with E-state index >= 15 is 0 Å². The lowest BCUT2D eigenvalue weighted by molar-refractivity contribution is 0.299. The van der Waals surface area contributed by atoms with Gasteiger partial charge in [0.1, 0.15) is 4.90 Å². The van der Waals surface area contributed by atoms with Crippen LogP contribution in [-0.4, -0.2) is 43.8 Å². The molecule has 5 nitrogen and oxygen atoms in total. The number of phenols is 1. The highest BCUT2D eigenvalue weighted by atomic mass is 35.5. The minimum absolute atomic E-state index is 0.0185. The fourth-order valence-electron chi connectivity index (χ4n) is 2.67. The number of hydrogen-bond donors (Lipinski definition) is 2. The largest absolute Gasteiger partial charge is 0.504 e. The van der Waals surface area contributed by atoms with E-state index in [1.54, 1.807) is 0 Å². The number of hydrogen-bond acceptors (Lipinski definition) is 5. The Balaban J connectivity index is 2.40. The van der Waals surface area contributed by atoms with Crippen LogP contribution in [0.2, 0.25) is 5.02 Å². The number of benzene rings is 1. The maximum absolute atomic E-state index is 12.7. The van der Waals surface area contributed by atoms with Gasteiger partial charge in [-0.25, -0.2) is 8.42 Å². The number of sulfone groups is 1. The lowest BCUT2D eigenvalue weighted by atomic mass is 10.2. The van der Waals surface area contributed by atoms with Gasteiger partial charge < -0.3 is 15.7 Å². The van der Waals surface area contributed by atoms with Crippen LogP contribution in [-0.2, 0) is 9.84 Å². The quantitative estimate of drug-likeness (QED) is 0.656. The molecule has 1 aliphatic carbocycles. The summed E-state index contributed by atoms with van der Waals surface area (Å²) >= 11 is 5.96. The zero-order valence-electron chi connectivity index (χ0n) is 11.5. The summed E-state index contributed by atoms with van der Waals surface area (Å²) in [6.07, 6.45) is 1.92. The third-order valence-corrected chi connectivity index (χ3v) is 6.64. The standard InChI is InChI=1S/C13H19ClN2O3S/c1-16(2)8-3-4-9(7-8)20(18,19)13-10(14)5-6-11(15)12(13)17/h5-6,8-9,17H,3-4,7,15H2,1-2H3/t8-,9?/m1/s1. The molecule has 1 aromatic rings. The summed E-state index contributed by atoms with van der Waals surface area (Å²) in [7, 11) is 0.193. The summed E-state index contributed by atoms with van der Waals surface area (Å²) < 4.78 is 25.4. The van der Waals surface area contributed by atoms with E-state index in [1.807, 2.05) is 19.0 Å². The first-order chi connectivity index (χ1) is 9.25. The molecule has 1 aliphatic rings. The summed E-state index contributed by atoms with van der Waals surface area (Å²) in [6.45, 7) is 0. The number of nitrogens with two attached hydrogens (primary N) is 1. The molecule has 0 heterocycles. The van der Waals surface area contributed by atoms with Crippen LogP contribution in [0.25, 0.3) is 0 Å². The lowest BCUT2D eigenvalue weighted by Crippen LogP contribution is -2.27. The Bertz CT molecular complexity index is 616. The summed E-state index contributed by atoms with van der Waals surface area (Å²) in [6, 6.07) is 3.03. The Labute approximate surface area is 124 Å². The Hall–Kier alpha value is -0.980. The number of rotatable bonds is 3. The molecule has 1 fully saturated rings. The maximum Gasteiger partial charge on any atom is 0.186 e. The zero-order chi connectivity index (χ0) is 15.1. The normalized spacial score (nSPS) is 23.4. The topological polar surface area (TPSA) is 83.6 Å². The van der Waals surface area contributed by atoms with Crippen LogP contribution >= 0.6 is 11.6 Å². The summed E-state index contributed by atoms with van der Waals surface area (Å²) in [5.74, 6) is -0.439. The minimum atomic E-state index is -3.68. The van der Waals surface area contributed by atoms with Crippen LogP contribution in [0.4, 0.5) is 5.69 Å². The smallest absolute Gasteiger partial charge is 0.186 e. The lowest BCUT2D eigenvalue weighted by Gasteiger charge is -2.19. The summed E-state index contributed by atoms with van der Waals surface area (Å²) in [4.78, 5) is 1.79. The van der Waals surface area contributed by atoms with Gasteiger partial charge in [0.15, 0.2) is 15.6 Å². The molecule has 0 bridgehead atoms. The highest BCUT2D eigenvalue weighted by Crippen LogP contribution is 2.40. The number of anilines is 1. The van der Waals surface area contributed by atoms with Gasteiger partial charge in [-0.05, 0) is 45.5 Å². The second-order valence-electron chi connectivity index (χ2n) is 5.41. The Morgan fingerprint density at radius 3 is 2.55 bits per heavy atom. The highest BCUT2D eigenvalue weighted by Gasteiger charge is 2.38. The molecular weight excluding hydrogens is 300 g/mol. The third-order valence-electron chi connectivity index (χ3n) is 3.93. The minimum Gasteiger partial charge on any atom is -0.504 e. The monoisotopic (exact) mass is 318 g/mol. The predicted molar refractivity (Wildman–Crippen MR) is 79.8 cm³/mol. The number of halogens is 1. The van der Waals surface area contributed by atoms with Crippen molar-refractivity contribution < 1.29 is 13.5 Å². The number of aromatic hydroxyl groups is 1. The van der Waals surface area contributed by atoms with Crippen molar-refractivity contribution in [3.8, 4) is 5.75 Å². The molecule has 20 heavy (non-hydrogen) atoms. The van der Waals surface area contributed by atoms with E-state index in [0.29, 0.717) is 12.8 Å². The van der Waals surface area contributed by atoms with Gasteiger partial charge in [0, 0.05) is 6.04 Å².